The largest absolute Gasteiger partial charge is 0.324 e. The zero-order valence-electron chi connectivity index (χ0n) is 13.4. The normalized spacial score (nSPS) is 10.9. The van der Waals surface area contributed by atoms with Crippen LogP contribution in [0.3, 0.4) is 0 Å². The number of nitrogens with zero attached hydrogens (tertiary/aromatic N) is 2. The van der Waals surface area contributed by atoms with Crippen LogP contribution in [0, 0.1) is 0 Å². The van der Waals surface area contributed by atoms with Crippen LogP contribution in [0.4, 0.5) is 5.69 Å². The monoisotopic (exact) mass is 427 g/mol. The van der Waals surface area contributed by atoms with Crippen molar-refractivity contribution in [3.05, 3.63) is 61.8 Å². The fourth-order valence-corrected chi connectivity index (χ4v) is 3.63. The van der Waals surface area contributed by atoms with E-state index in [0.29, 0.717) is 26.8 Å². The second-order valence-electron chi connectivity index (χ2n) is 5.36. The summed E-state index contributed by atoms with van der Waals surface area (Å²) in [7, 11) is 1.62. The van der Waals surface area contributed by atoms with Crippen molar-refractivity contribution < 1.29 is 4.79 Å². The average Bonchev–Trinajstić information content (AvgIpc) is 2.61. The van der Waals surface area contributed by atoms with Crippen LogP contribution >= 0.6 is 46.6 Å². The highest BCUT2D eigenvalue weighted by Gasteiger charge is 2.13. The number of nitrogens with one attached hydrogen (secondary N) is 1. The molecule has 1 N–H and O–H groups in total. The summed E-state index contributed by atoms with van der Waals surface area (Å²) in [6.07, 6.45) is 0. The summed E-state index contributed by atoms with van der Waals surface area (Å²) in [5, 5.41) is 4.53. The number of aromatic nitrogens is 2. The second-order valence-corrected chi connectivity index (χ2v) is 7.52. The molecule has 0 aliphatic carbocycles. The van der Waals surface area contributed by atoms with Gasteiger partial charge in [-0.1, -0.05) is 58.7 Å². The maximum Gasteiger partial charge on any atom is 0.261 e. The first-order valence-electron chi connectivity index (χ1n) is 7.40. The molecule has 0 atom stereocenters. The molecule has 0 radical (unpaired) electrons. The standard InChI is InChI=1S/C17H12Cl3N3O2S/c1-23-16(25)9-4-2-3-5-13(9)22-17(23)26-8-15(24)21-14-7-11(19)10(18)6-12(14)20/h2-7H,8H2,1H3,(H,21,24). The number of amides is 1. The van der Waals surface area contributed by atoms with Crippen molar-refractivity contribution in [3.63, 3.8) is 0 Å². The minimum absolute atomic E-state index is 0.0508. The highest BCUT2D eigenvalue weighted by Crippen LogP contribution is 2.32. The van der Waals surface area contributed by atoms with E-state index in [1.165, 1.54) is 16.7 Å². The molecule has 134 valence electrons. The molecule has 9 heteroatoms. The summed E-state index contributed by atoms with van der Waals surface area (Å²) >= 11 is 19.0. The topological polar surface area (TPSA) is 64.0 Å². The third-order valence-corrected chi connectivity index (χ3v) is 5.62. The molecule has 0 spiro atoms. The molecule has 1 aromatic heterocycles. The first kappa shape index (κ1) is 19.0. The van der Waals surface area contributed by atoms with Gasteiger partial charge in [0.05, 0.1) is 37.4 Å². The molecule has 0 aliphatic rings. The number of carbonyl (C=O) groups excluding carboxylic acids is 1. The van der Waals surface area contributed by atoms with Gasteiger partial charge in [0.2, 0.25) is 5.91 Å². The van der Waals surface area contributed by atoms with Gasteiger partial charge in [-0.15, -0.1) is 0 Å². The molecular weight excluding hydrogens is 417 g/mol. The second kappa shape index (κ2) is 7.88. The Bertz CT molecular complexity index is 1070. The number of thioether (sulfide) groups is 1. The van der Waals surface area contributed by atoms with Crippen molar-refractivity contribution in [2.24, 2.45) is 7.05 Å². The van der Waals surface area contributed by atoms with Crippen LogP contribution in [0.15, 0.2) is 46.3 Å². The van der Waals surface area contributed by atoms with Gasteiger partial charge in [0, 0.05) is 7.05 Å². The van der Waals surface area contributed by atoms with Crippen molar-refractivity contribution in [1.29, 1.82) is 0 Å². The summed E-state index contributed by atoms with van der Waals surface area (Å²) in [5.74, 6) is -0.257. The number of para-hydroxylation sites is 1. The highest BCUT2D eigenvalue weighted by atomic mass is 35.5. The van der Waals surface area contributed by atoms with E-state index in [4.69, 9.17) is 34.8 Å². The van der Waals surface area contributed by atoms with Crippen LogP contribution in [0.1, 0.15) is 0 Å². The lowest BCUT2D eigenvalue weighted by atomic mass is 10.2. The van der Waals surface area contributed by atoms with Crippen LogP contribution in [-0.4, -0.2) is 21.2 Å². The summed E-state index contributed by atoms with van der Waals surface area (Å²) in [6.45, 7) is 0. The van der Waals surface area contributed by atoms with Gasteiger partial charge >= 0.3 is 0 Å². The summed E-state index contributed by atoms with van der Waals surface area (Å²) in [4.78, 5) is 29.0. The van der Waals surface area contributed by atoms with E-state index < -0.39 is 0 Å². The van der Waals surface area contributed by atoms with Gasteiger partial charge in [-0.2, -0.15) is 0 Å². The molecule has 0 unspecified atom stereocenters. The van der Waals surface area contributed by atoms with Crippen LogP contribution < -0.4 is 10.9 Å². The molecule has 5 nitrogen and oxygen atoms in total. The molecule has 2 aromatic carbocycles. The molecule has 1 heterocycles. The summed E-state index contributed by atoms with van der Waals surface area (Å²) in [6, 6.07) is 10.0. The number of hydrogen-bond acceptors (Lipinski definition) is 4. The fourth-order valence-electron chi connectivity index (χ4n) is 2.26. The smallest absolute Gasteiger partial charge is 0.261 e. The van der Waals surface area contributed by atoms with E-state index in [1.807, 2.05) is 6.07 Å². The molecule has 0 bridgehead atoms. The van der Waals surface area contributed by atoms with Crippen LogP contribution in [0.5, 0.6) is 0 Å². The number of hydrogen-bond donors (Lipinski definition) is 1. The molecule has 1 amide bonds. The molecule has 0 saturated carbocycles. The van der Waals surface area contributed by atoms with Gasteiger partial charge in [-0.3, -0.25) is 14.2 Å². The quantitative estimate of drug-likeness (QED) is 0.374. The van der Waals surface area contributed by atoms with Crippen molar-refractivity contribution in [1.82, 2.24) is 9.55 Å². The molecule has 3 rings (SSSR count). The number of rotatable bonds is 4. The summed E-state index contributed by atoms with van der Waals surface area (Å²) < 4.78 is 1.42. The van der Waals surface area contributed by atoms with E-state index in [0.717, 1.165) is 11.8 Å². The van der Waals surface area contributed by atoms with E-state index in [1.54, 1.807) is 25.2 Å². The molecular formula is C17H12Cl3N3O2S. The van der Waals surface area contributed by atoms with Crippen LogP contribution in [0.2, 0.25) is 15.1 Å². The van der Waals surface area contributed by atoms with Gasteiger partial charge in [-0.25, -0.2) is 4.98 Å². The average molecular weight is 429 g/mol. The zero-order valence-corrected chi connectivity index (χ0v) is 16.5. The van der Waals surface area contributed by atoms with E-state index in [2.05, 4.69) is 10.3 Å². The molecule has 0 aliphatic heterocycles. The first-order chi connectivity index (χ1) is 12.4. The SMILES string of the molecule is Cn1c(SCC(=O)Nc2cc(Cl)c(Cl)cc2Cl)nc2ccccc2c1=O. The van der Waals surface area contributed by atoms with Crippen LogP contribution in [-0.2, 0) is 11.8 Å². The number of carbonyl (C=O) groups is 1. The number of benzene rings is 2. The Kier molecular flexibility index (Phi) is 5.77. The third-order valence-electron chi connectivity index (χ3n) is 3.56. The van der Waals surface area contributed by atoms with Crippen LogP contribution in [0.25, 0.3) is 10.9 Å². The highest BCUT2D eigenvalue weighted by molar-refractivity contribution is 7.99. The predicted molar refractivity (Wildman–Crippen MR) is 108 cm³/mol. The Balaban J connectivity index is 1.76. The number of halogens is 3. The lowest BCUT2D eigenvalue weighted by Gasteiger charge is -2.10. The Labute approximate surface area is 168 Å². The maximum absolute atomic E-state index is 12.4. The molecule has 0 fully saturated rings. The minimum Gasteiger partial charge on any atom is -0.324 e. The van der Waals surface area contributed by atoms with Gasteiger partial charge in [-0.05, 0) is 24.3 Å². The summed E-state index contributed by atoms with van der Waals surface area (Å²) in [5.41, 5.74) is 0.795. The van der Waals surface area contributed by atoms with Gasteiger partial charge < -0.3 is 5.32 Å². The molecule has 26 heavy (non-hydrogen) atoms. The van der Waals surface area contributed by atoms with Crippen molar-refractivity contribution in [2.75, 3.05) is 11.1 Å². The van der Waals surface area contributed by atoms with Gasteiger partial charge in [0.25, 0.3) is 5.56 Å². The van der Waals surface area contributed by atoms with E-state index in [9.17, 15) is 9.59 Å². The van der Waals surface area contributed by atoms with Crippen molar-refractivity contribution in [3.8, 4) is 0 Å². The molecule has 0 saturated heterocycles. The zero-order chi connectivity index (χ0) is 18.8. The number of anilines is 1. The predicted octanol–water partition coefficient (Wildman–Crippen LogP) is 4.62. The van der Waals surface area contributed by atoms with Crippen molar-refractivity contribution in [2.45, 2.75) is 5.16 Å². The molecule has 3 aromatic rings. The van der Waals surface area contributed by atoms with E-state index in [-0.39, 0.29) is 27.3 Å². The lowest BCUT2D eigenvalue weighted by Crippen LogP contribution is -2.21. The maximum atomic E-state index is 12.4. The lowest BCUT2D eigenvalue weighted by molar-refractivity contribution is -0.113. The Morgan fingerprint density at radius 2 is 1.85 bits per heavy atom. The third kappa shape index (κ3) is 3.99. The Hall–Kier alpha value is -1.73. The van der Waals surface area contributed by atoms with Crippen molar-refractivity contribution >= 4 is 69.1 Å². The first-order valence-corrected chi connectivity index (χ1v) is 9.51. The Morgan fingerprint density at radius 3 is 2.62 bits per heavy atom. The van der Waals surface area contributed by atoms with Gasteiger partial charge in [0.1, 0.15) is 0 Å². The fraction of sp³-hybridized carbons (Fsp3) is 0.118. The van der Waals surface area contributed by atoms with E-state index >= 15 is 0 Å². The Morgan fingerprint density at radius 1 is 1.15 bits per heavy atom. The van der Waals surface area contributed by atoms with Gasteiger partial charge in [0.15, 0.2) is 5.16 Å². The number of fused-ring (bicyclic) bond motifs is 1. The minimum atomic E-state index is -0.308.